The van der Waals surface area contributed by atoms with Gasteiger partial charge < -0.3 is 10.2 Å². The molecule has 20 heavy (non-hydrogen) atoms. The number of rotatable bonds is 1. The molecule has 1 aromatic carbocycles. The number of anilines is 1. The average Bonchev–Trinajstić information content (AvgIpc) is 2.40. The maximum Gasteiger partial charge on any atom is 0.155 e. The van der Waals surface area contributed by atoms with Gasteiger partial charge in [-0.3, -0.25) is 4.99 Å². The molecule has 102 valence electrons. The Morgan fingerprint density at radius 2 is 1.95 bits per heavy atom. The summed E-state index contributed by atoms with van der Waals surface area (Å²) < 4.78 is 5.92. The highest BCUT2D eigenvalue weighted by Crippen LogP contribution is 2.27. The van der Waals surface area contributed by atoms with Gasteiger partial charge in [-0.25, -0.2) is 4.98 Å². The molecular weight excluding hydrogens is 250 g/mol. The molecule has 0 spiro atoms. The summed E-state index contributed by atoms with van der Waals surface area (Å²) in [4.78, 5) is 9.11. The van der Waals surface area contributed by atoms with Gasteiger partial charge in [-0.05, 0) is 44.0 Å². The molecule has 0 bridgehead atoms. The van der Waals surface area contributed by atoms with Crippen LogP contribution in [0.15, 0.2) is 33.7 Å². The summed E-state index contributed by atoms with van der Waals surface area (Å²) in [6.07, 6.45) is 0. The summed E-state index contributed by atoms with van der Waals surface area (Å²) in [5, 5.41) is 0.949. The molecule has 0 aromatic heterocycles. The van der Waals surface area contributed by atoms with Gasteiger partial charge in [0.1, 0.15) is 11.2 Å². The van der Waals surface area contributed by atoms with E-state index in [1.54, 1.807) is 0 Å². The van der Waals surface area contributed by atoms with Crippen molar-refractivity contribution in [2.24, 2.45) is 4.99 Å². The van der Waals surface area contributed by atoms with Crippen molar-refractivity contribution in [2.75, 3.05) is 12.3 Å². The first kappa shape index (κ1) is 12.7. The van der Waals surface area contributed by atoms with Crippen molar-refractivity contribution in [1.82, 2.24) is 4.98 Å². The summed E-state index contributed by atoms with van der Waals surface area (Å²) in [6.45, 7) is 6.77. The van der Waals surface area contributed by atoms with Crippen molar-refractivity contribution < 1.29 is 4.42 Å². The topological polar surface area (TPSA) is 64.4 Å². The monoisotopic (exact) mass is 267 g/mol. The van der Waals surface area contributed by atoms with Gasteiger partial charge in [0.2, 0.25) is 0 Å². The Balaban J connectivity index is 2.37. The lowest BCUT2D eigenvalue weighted by atomic mass is 10.1. The molecule has 2 aliphatic rings. The maximum atomic E-state index is 5.93. The van der Waals surface area contributed by atoms with Crippen LogP contribution < -0.4 is 11.1 Å². The lowest BCUT2D eigenvalue weighted by molar-refractivity contribution is 0.612. The number of aryl methyl sites for hydroxylation is 2. The molecule has 0 amide bonds. The van der Waals surface area contributed by atoms with Crippen LogP contribution in [-0.2, 0) is 0 Å². The molecule has 0 radical (unpaired) electrons. The molecule has 4 nitrogen and oxygen atoms in total. The Kier molecular flexibility index (Phi) is 2.93. The van der Waals surface area contributed by atoms with E-state index in [-0.39, 0.29) is 0 Å². The third-order valence-electron chi connectivity index (χ3n) is 3.41. The van der Waals surface area contributed by atoms with Crippen LogP contribution in [0.3, 0.4) is 0 Å². The van der Waals surface area contributed by atoms with E-state index >= 15 is 0 Å². The molecule has 1 aliphatic heterocycles. The lowest BCUT2D eigenvalue weighted by Gasteiger charge is -2.09. The van der Waals surface area contributed by atoms with Gasteiger partial charge in [0.05, 0.1) is 5.36 Å². The molecule has 0 saturated heterocycles. The van der Waals surface area contributed by atoms with E-state index in [0.29, 0.717) is 11.3 Å². The van der Waals surface area contributed by atoms with E-state index < -0.39 is 0 Å². The molecule has 4 heteroatoms. The van der Waals surface area contributed by atoms with Crippen molar-refractivity contribution in [3.8, 4) is 11.5 Å². The Bertz CT molecular complexity index is 833. The van der Waals surface area contributed by atoms with Crippen LogP contribution in [0, 0.1) is 13.8 Å². The van der Waals surface area contributed by atoms with Gasteiger partial charge >= 0.3 is 0 Å². The van der Waals surface area contributed by atoms with Gasteiger partial charge in [-0.2, -0.15) is 0 Å². The Hall–Kier alpha value is -2.36. The number of hydrogen-bond acceptors (Lipinski definition) is 4. The van der Waals surface area contributed by atoms with Crippen molar-refractivity contribution in [1.29, 1.82) is 0 Å². The summed E-state index contributed by atoms with van der Waals surface area (Å²) in [7, 11) is 0. The number of nitrogens with two attached hydrogens (primary N) is 1. The van der Waals surface area contributed by atoms with E-state index in [4.69, 9.17) is 10.2 Å². The number of benzene rings is 2. The minimum absolute atomic E-state index is 0.701. The Morgan fingerprint density at radius 3 is 2.70 bits per heavy atom. The SMILES string of the molecule is CCN=c1cc2oc3cc(N)c(C)cc3nc-2cc1C. The fraction of sp³-hybridized carbons (Fsp3) is 0.250. The molecule has 0 saturated carbocycles. The van der Waals surface area contributed by atoms with E-state index in [0.717, 1.165) is 40.0 Å². The largest absolute Gasteiger partial charge is 0.453 e. The number of nitrogens with zero attached hydrogens (tertiary/aromatic N) is 2. The molecule has 0 fully saturated rings. The lowest BCUT2D eigenvalue weighted by Crippen LogP contribution is -2.08. The van der Waals surface area contributed by atoms with E-state index in [9.17, 15) is 0 Å². The van der Waals surface area contributed by atoms with Gasteiger partial charge in [-0.15, -0.1) is 0 Å². The highest BCUT2D eigenvalue weighted by molar-refractivity contribution is 5.81. The smallest absolute Gasteiger partial charge is 0.155 e. The third kappa shape index (κ3) is 2.03. The highest BCUT2D eigenvalue weighted by Gasteiger charge is 2.11. The molecular formula is C16H17N3O. The van der Waals surface area contributed by atoms with Gasteiger partial charge in [0, 0.05) is 24.4 Å². The van der Waals surface area contributed by atoms with E-state index in [2.05, 4.69) is 9.98 Å². The first-order valence-corrected chi connectivity index (χ1v) is 6.70. The number of aromatic nitrogens is 1. The maximum absolute atomic E-state index is 5.93. The van der Waals surface area contributed by atoms with Crippen molar-refractivity contribution >= 4 is 16.8 Å². The standard InChI is InChI=1S/C16H17N3O/c1-4-18-12-8-16-14(6-10(12)3)19-13-5-9(2)11(17)7-15(13)20-16/h5-8H,4,17H2,1-3H3. The first-order valence-electron chi connectivity index (χ1n) is 6.70. The molecule has 0 atom stereocenters. The summed E-state index contributed by atoms with van der Waals surface area (Å²) in [5.41, 5.74) is 11.1. The molecule has 1 aromatic rings. The first-order chi connectivity index (χ1) is 9.58. The Labute approximate surface area is 117 Å². The van der Waals surface area contributed by atoms with Crippen LogP contribution >= 0.6 is 0 Å². The quantitative estimate of drug-likeness (QED) is 0.544. The molecule has 1 aliphatic carbocycles. The minimum atomic E-state index is 0.701. The minimum Gasteiger partial charge on any atom is -0.453 e. The number of hydrogen-bond donors (Lipinski definition) is 1. The highest BCUT2D eigenvalue weighted by atomic mass is 16.3. The second-order valence-electron chi connectivity index (χ2n) is 4.97. The van der Waals surface area contributed by atoms with Crippen LogP contribution in [0.4, 0.5) is 5.69 Å². The summed E-state index contributed by atoms with van der Waals surface area (Å²) in [6, 6.07) is 7.73. The predicted octanol–water partition coefficient (Wildman–Crippen LogP) is 3.05. The molecule has 0 unspecified atom stereocenters. The van der Waals surface area contributed by atoms with Crippen LogP contribution in [0.1, 0.15) is 18.1 Å². The zero-order chi connectivity index (χ0) is 14.3. The normalized spacial score (nSPS) is 12.4. The fourth-order valence-corrected chi connectivity index (χ4v) is 2.28. The van der Waals surface area contributed by atoms with Crippen LogP contribution in [0.5, 0.6) is 0 Å². The van der Waals surface area contributed by atoms with Crippen LogP contribution in [-0.4, -0.2) is 11.5 Å². The average molecular weight is 267 g/mol. The number of nitrogen functional groups attached to an aromatic ring is 1. The molecule has 2 N–H and O–H groups in total. The van der Waals surface area contributed by atoms with Gasteiger partial charge in [0.25, 0.3) is 0 Å². The summed E-state index contributed by atoms with van der Waals surface area (Å²) >= 11 is 0. The Morgan fingerprint density at radius 1 is 1.15 bits per heavy atom. The van der Waals surface area contributed by atoms with Crippen LogP contribution in [0.25, 0.3) is 22.6 Å². The van der Waals surface area contributed by atoms with E-state index in [1.807, 2.05) is 45.0 Å². The zero-order valence-corrected chi connectivity index (χ0v) is 11.9. The van der Waals surface area contributed by atoms with Crippen molar-refractivity contribution in [2.45, 2.75) is 20.8 Å². The molecule has 1 heterocycles. The van der Waals surface area contributed by atoms with Crippen LogP contribution in [0.2, 0.25) is 0 Å². The third-order valence-corrected chi connectivity index (χ3v) is 3.41. The zero-order valence-electron chi connectivity index (χ0n) is 11.9. The van der Waals surface area contributed by atoms with Crippen molar-refractivity contribution in [3.63, 3.8) is 0 Å². The fourth-order valence-electron chi connectivity index (χ4n) is 2.28. The molecule has 3 rings (SSSR count). The number of fused-ring (bicyclic) bond motifs is 2. The summed E-state index contributed by atoms with van der Waals surface area (Å²) in [5.74, 6) is 0.735. The predicted molar refractivity (Wildman–Crippen MR) is 80.6 cm³/mol. The van der Waals surface area contributed by atoms with E-state index in [1.165, 1.54) is 0 Å². The van der Waals surface area contributed by atoms with Gasteiger partial charge in [-0.1, -0.05) is 0 Å². The van der Waals surface area contributed by atoms with Crippen molar-refractivity contribution in [3.05, 3.63) is 40.7 Å². The van der Waals surface area contributed by atoms with Gasteiger partial charge in [0.15, 0.2) is 11.3 Å². The second kappa shape index (κ2) is 4.63. The second-order valence-corrected chi connectivity index (χ2v) is 4.97.